The highest BCUT2D eigenvalue weighted by Gasteiger charge is 2.37. The van der Waals surface area contributed by atoms with Crippen LogP contribution in [0.2, 0.25) is 0 Å². The molecule has 1 aromatic rings. The van der Waals surface area contributed by atoms with Crippen molar-refractivity contribution in [3.63, 3.8) is 0 Å². The van der Waals surface area contributed by atoms with Crippen molar-refractivity contribution in [3.8, 4) is 0 Å². The minimum absolute atomic E-state index is 0.0929. The molecular weight excluding hydrogens is 272 g/mol. The molecule has 0 aromatic carbocycles. The van der Waals surface area contributed by atoms with Gasteiger partial charge in [0.1, 0.15) is 11.4 Å². The zero-order valence-electron chi connectivity index (χ0n) is 11.7. The van der Waals surface area contributed by atoms with Crippen LogP contribution in [0.1, 0.15) is 46.7 Å². The van der Waals surface area contributed by atoms with Crippen LogP contribution in [-0.2, 0) is 4.74 Å². The summed E-state index contributed by atoms with van der Waals surface area (Å²) >= 11 is 0. The molecule has 6 nitrogen and oxygen atoms in total. The van der Waals surface area contributed by atoms with Crippen molar-refractivity contribution < 1.29 is 19.4 Å². The molecule has 112 valence electrons. The summed E-state index contributed by atoms with van der Waals surface area (Å²) in [7, 11) is 0. The maximum Gasteiger partial charge on any atom is 0.354 e. The normalized spacial score (nSPS) is 25.2. The highest BCUT2D eigenvalue weighted by Crippen LogP contribution is 2.29. The van der Waals surface area contributed by atoms with E-state index >= 15 is 0 Å². The first-order chi connectivity index (χ1) is 10.2. The first-order valence-electron chi connectivity index (χ1n) is 7.30. The van der Waals surface area contributed by atoms with E-state index in [0.717, 1.165) is 25.7 Å². The number of amides is 1. The van der Waals surface area contributed by atoms with E-state index in [0.29, 0.717) is 13.2 Å². The SMILES string of the molecule is O=C(O)c1cccc(C(=O)N2CCOC3CCCCC32)n1. The number of carboxylic acid groups (broad SMARTS) is 1. The van der Waals surface area contributed by atoms with Gasteiger partial charge >= 0.3 is 5.97 Å². The third-order valence-corrected chi connectivity index (χ3v) is 4.18. The van der Waals surface area contributed by atoms with Gasteiger partial charge in [0, 0.05) is 6.54 Å². The van der Waals surface area contributed by atoms with Gasteiger partial charge in [-0.3, -0.25) is 4.79 Å². The van der Waals surface area contributed by atoms with Gasteiger partial charge < -0.3 is 14.7 Å². The molecule has 2 heterocycles. The smallest absolute Gasteiger partial charge is 0.354 e. The lowest BCUT2D eigenvalue weighted by Gasteiger charge is -2.43. The Bertz CT molecular complexity index is 558. The Morgan fingerprint density at radius 2 is 2.00 bits per heavy atom. The van der Waals surface area contributed by atoms with E-state index in [2.05, 4.69) is 4.98 Å². The zero-order chi connectivity index (χ0) is 14.8. The second-order valence-corrected chi connectivity index (χ2v) is 5.47. The van der Waals surface area contributed by atoms with Crippen molar-refractivity contribution in [2.45, 2.75) is 37.8 Å². The number of hydrogen-bond acceptors (Lipinski definition) is 4. The summed E-state index contributed by atoms with van der Waals surface area (Å²) in [5.41, 5.74) is 0.0930. The van der Waals surface area contributed by atoms with Gasteiger partial charge in [-0.2, -0.15) is 0 Å². The lowest BCUT2D eigenvalue weighted by atomic mass is 9.90. The second kappa shape index (κ2) is 5.81. The summed E-state index contributed by atoms with van der Waals surface area (Å²) in [5, 5.41) is 8.98. The van der Waals surface area contributed by atoms with Crippen molar-refractivity contribution in [2.75, 3.05) is 13.2 Å². The lowest BCUT2D eigenvalue weighted by Crippen LogP contribution is -2.55. The maximum atomic E-state index is 12.6. The van der Waals surface area contributed by atoms with E-state index in [-0.39, 0.29) is 29.4 Å². The van der Waals surface area contributed by atoms with Gasteiger partial charge in [0.2, 0.25) is 0 Å². The average molecular weight is 290 g/mol. The number of hydrogen-bond donors (Lipinski definition) is 1. The fraction of sp³-hybridized carbons (Fsp3) is 0.533. The van der Waals surface area contributed by atoms with Crippen LogP contribution in [0.15, 0.2) is 18.2 Å². The molecule has 2 atom stereocenters. The monoisotopic (exact) mass is 290 g/mol. The first-order valence-corrected chi connectivity index (χ1v) is 7.30. The number of rotatable bonds is 2. The van der Waals surface area contributed by atoms with Crippen molar-refractivity contribution >= 4 is 11.9 Å². The topological polar surface area (TPSA) is 79.7 Å². The summed E-state index contributed by atoms with van der Waals surface area (Å²) in [5.74, 6) is -1.32. The van der Waals surface area contributed by atoms with E-state index in [9.17, 15) is 9.59 Å². The number of aromatic carboxylic acids is 1. The highest BCUT2D eigenvalue weighted by molar-refractivity contribution is 5.94. The Kier molecular flexibility index (Phi) is 3.88. The summed E-state index contributed by atoms with van der Waals surface area (Å²) in [4.78, 5) is 29.4. The van der Waals surface area contributed by atoms with Gasteiger partial charge in [-0.15, -0.1) is 0 Å². The van der Waals surface area contributed by atoms with Crippen LogP contribution in [-0.4, -0.2) is 52.2 Å². The number of carboxylic acids is 1. The molecule has 1 saturated heterocycles. The van der Waals surface area contributed by atoms with E-state index in [4.69, 9.17) is 9.84 Å². The number of carbonyl (C=O) groups is 2. The molecule has 1 amide bonds. The first kappa shape index (κ1) is 14.0. The Morgan fingerprint density at radius 3 is 2.81 bits per heavy atom. The average Bonchev–Trinajstić information content (AvgIpc) is 2.53. The quantitative estimate of drug-likeness (QED) is 0.894. The van der Waals surface area contributed by atoms with Crippen LogP contribution in [0, 0.1) is 0 Å². The molecule has 0 radical (unpaired) electrons. The van der Waals surface area contributed by atoms with Crippen molar-refractivity contribution in [1.29, 1.82) is 0 Å². The number of ether oxygens (including phenoxy) is 1. The summed E-state index contributed by atoms with van der Waals surface area (Å²) in [6.07, 6.45) is 4.26. The minimum atomic E-state index is -1.12. The maximum absolute atomic E-state index is 12.6. The molecule has 0 bridgehead atoms. The molecule has 6 heteroatoms. The molecule has 3 rings (SSSR count). The van der Waals surface area contributed by atoms with E-state index in [1.54, 1.807) is 17.0 Å². The molecule has 2 aliphatic rings. The predicted octanol–water partition coefficient (Wildman–Crippen LogP) is 1.56. The number of carbonyl (C=O) groups excluding carboxylic acids is 1. The Balaban J connectivity index is 1.83. The molecule has 1 aliphatic carbocycles. The number of pyridine rings is 1. The van der Waals surface area contributed by atoms with Gasteiger partial charge in [0.15, 0.2) is 0 Å². The molecule has 2 unspecified atom stereocenters. The number of aromatic nitrogens is 1. The van der Waals surface area contributed by atoms with E-state index in [1.807, 2.05) is 0 Å². The Labute approximate surface area is 122 Å². The Morgan fingerprint density at radius 1 is 1.24 bits per heavy atom. The van der Waals surface area contributed by atoms with E-state index in [1.165, 1.54) is 6.07 Å². The third kappa shape index (κ3) is 2.76. The fourth-order valence-electron chi connectivity index (χ4n) is 3.17. The lowest BCUT2D eigenvalue weighted by molar-refractivity contribution is -0.0754. The number of morpholine rings is 1. The van der Waals surface area contributed by atoms with Crippen LogP contribution >= 0.6 is 0 Å². The summed E-state index contributed by atoms with van der Waals surface area (Å²) < 4.78 is 5.75. The standard InChI is InChI=1S/C15H18N2O4/c18-14(10-4-3-5-11(16-10)15(19)20)17-8-9-21-13-7-2-1-6-12(13)17/h3-5,12-13H,1-2,6-9H2,(H,19,20). The Hall–Kier alpha value is -1.95. The predicted molar refractivity (Wildman–Crippen MR) is 74.2 cm³/mol. The van der Waals surface area contributed by atoms with E-state index < -0.39 is 5.97 Å². The van der Waals surface area contributed by atoms with Crippen molar-refractivity contribution in [3.05, 3.63) is 29.6 Å². The van der Waals surface area contributed by atoms with Gasteiger partial charge in [-0.05, 0) is 25.0 Å². The molecule has 1 saturated carbocycles. The summed E-state index contributed by atoms with van der Waals surface area (Å²) in [6, 6.07) is 4.61. The summed E-state index contributed by atoms with van der Waals surface area (Å²) in [6.45, 7) is 1.07. The minimum Gasteiger partial charge on any atom is -0.477 e. The molecule has 0 spiro atoms. The molecule has 2 fully saturated rings. The highest BCUT2D eigenvalue weighted by atomic mass is 16.5. The number of nitrogens with zero attached hydrogens (tertiary/aromatic N) is 2. The van der Waals surface area contributed by atoms with Gasteiger partial charge in [0.05, 0.1) is 18.8 Å². The molecular formula is C15H18N2O4. The molecule has 1 N–H and O–H groups in total. The largest absolute Gasteiger partial charge is 0.477 e. The van der Waals surface area contributed by atoms with Crippen molar-refractivity contribution in [1.82, 2.24) is 9.88 Å². The van der Waals surface area contributed by atoms with Crippen LogP contribution < -0.4 is 0 Å². The van der Waals surface area contributed by atoms with Gasteiger partial charge in [-0.25, -0.2) is 9.78 Å². The van der Waals surface area contributed by atoms with Crippen molar-refractivity contribution in [2.24, 2.45) is 0 Å². The van der Waals surface area contributed by atoms with Crippen LogP contribution in [0.3, 0.4) is 0 Å². The third-order valence-electron chi connectivity index (χ3n) is 4.18. The molecule has 1 aliphatic heterocycles. The van der Waals surface area contributed by atoms with Crippen LogP contribution in [0.25, 0.3) is 0 Å². The fourth-order valence-corrected chi connectivity index (χ4v) is 3.17. The molecule has 1 aromatic heterocycles. The second-order valence-electron chi connectivity index (χ2n) is 5.47. The van der Waals surface area contributed by atoms with Crippen LogP contribution in [0.5, 0.6) is 0 Å². The van der Waals surface area contributed by atoms with Gasteiger partial charge in [-0.1, -0.05) is 18.9 Å². The van der Waals surface area contributed by atoms with Crippen LogP contribution in [0.4, 0.5) is 0 Å². The zero-order valence-corrected chi connectivity index (χ0v) is 11.7. The number of fused-ring (bicyclic) bond motifs is 1. The van der Waals surface area contributed by atoms with Gasteiger partial charge in [0.25, 0.3) is 5.91 Å². The molecule has 21 heavy (non-hydrogen) atoms.